The number of nitrogens with zero attached hydrogens (tertiary/aromatic N) is 1. The van der Waals surface area contributed by atoms with Crippen LogP contribution in [0.4, 0.5) is 26.3 Å². The molecule has 4 rings (SSSR count). The van der Waals surface area contributed by atoms with Gasteiger partial charge in [0.25, 0.3) is 5.91 Å². The van der Waals surface area contributed by atoms with Crippen molar-refractivity contribution in [2.75, 3.05) is 33.5 Å². The monoisotopic (exact) mass is 719 g/mol. The maximum atomic E-state index is 14.8. The lowest BCUT2D eigenvalue weighted by Crippen LogP contribution is -2.52. The second-order valence-electron chi connectivity index (χ2n) is 12.4. The molecule has 268 valence electrons. The molecular formula is C32H35F6N3O7S. The molecule has 4 N–H and O–H groups in total. The van der Waals surface area contributed by atoms with Crippen LogP contribution in [0.1, 0.15) is 54.9 Å². The zero-order valence-corrected chi connectivity index (χ0v) is 27.8. The van der Waals surface area contributed by atoms with Crippen LogP contribution in [0, 0.1) is 0 Å². The number of aliphatic hydroxyl groups is 2. The van der Waals surface area contributed by atoms with Crippen molar-refractivity contribution in [1.82, 2.24) is 15.0 Å². The Morgan fingerprint density at radius 3 is 2.27 bits per heavy atom. The largest absolute Gasteiger partial charge is 0.598 e. The molecule has 1 amide bonds. The molecule has 0 saturated heterocycles. The van der Waals surface area contributed by atoms with E-state index in [1.807, 2.05) is 0 Å². The van der Waals surface area contributed by atoms with E-state index < -0.39 is 63.3 Å². The fraction of sp³-hybridized carbons (Fsp3) is 0.438. The first-order valence-electron chi connectivity index (χ1n) is 14.7. The van der Waals surface area contributed by atoms with E-state index in [1.165, 1.54) is 32.2 Å². The molecule has 0 spiro atoms. The van der Waals surface area contributed by atoms with E-state index in [1.54, 1.807) is 20.8 Å². The minimum absolute atomic E-state index is 0.00204. The van der Waals surface area contributed by atoms with Crippen LogP contribution in [0.2, 0.25) is 0 Å². The van der Waals surface area contributed by atoms with Crippen molar-refractivity contribution in [2.45, 2.75) is 55.9 Å². The summed E-state index contributed by atoms with van der Waals surface area (Å²) in [4.78, 5) is 17.1. The first-order chi connectivity index (χ1) is 22.6. The topological polar surface area (TPSA) is 145 Å². The Bertz CT molecular complexity index is 1670. The number of carbonyl (C=O) groups is 1. The zero-order valence-electron chi connectivity index (χ0n) is 27.0. The summed E-state index contributed by atoms with van der Waals surface area (Å²) < 4.78 is 116. The van der Waals surface area contributed by atoms with Crippen LogP contribution in [-0.2, 0) is 28.7 Å². The molecule has 1 aromatic heterocycles. The second-order valence-corrected chi connectivity index (χ2v) is 14.4. The summed E-state index contributed by atoms with van der Waals surface area (Å²) in [6.07, 6.45) is -10.1. The summed E-state index contributed by atoms with van der Waals surface area (Å²) in [7, 11) is 1.27. The Labute approximate surface area is 281 Å². The molecule has 3 aromatic rings. The van der Waals surface area contributed by atoms with Crippen molar-refractivity contribution in [3.05, 3.63) is 70.9 Å². The zero-order chi connectivity index (χ0) is 36.6. The quantitative estimate of drug-likeness (QED) is 0.159. The lowest BCUT2D eigenvalue weighted by molar-refractivity contribution is -0.265. The van der Waals surface area contributed by atoms with Gasteiger partial charge in [-0.25, -0.2) is 4.98 Å². The maximum Gasteiger partial charge on any atom is 0.424 e. The Morgan fingerprint density at radius 1 is 1.06 bits per heavy atom. The summed E-state index contributed by atoms with van der Waals surface area (Å²) in [5, 5.41) is 22.4. The van der Waals surface area contributed by atoms with Crippen molar-refractivity contribution < 1.29 is 60.1 Å². The number of hydrogen-bond acceptors (Lipinski definition) is 9. The number of benzene rings is 2. The average Bonchev–Trinajstić information content (AvgIpc) is 3.36. The van der Waals surface area contributed by atoms with Crippen molar-refractivity contribution in [1.29, 1.82) is 0 Å². The summed E-state index contributed by atoms with van der Waals surface area (Å²) >= 11 is -1.77. The van der Waals surface area contributed by atoms with Gasteiger partial charge >= 0.3 is 12.4 Å². The van der Waals surface area contributed by atoms with E-state index in [0.717, 1.165) is 30.3 Å². The van der Waals surface area contributed by atoms with Gasteiger partial charge < -0.3 is 34.3 Å². The van der Waals surface area contributed by atoms with Gasteiger partial charge in [-0.3, -0.25) is 4.79 Å². The average molecular weight is 720 g/mol. The van der Waals surface area contributed by atoms with E-state index in [4.69, 9.17) is 19.3 Å². The Morgan fingerprint density at radius 2 is 1.71 bits per heavy atom. The van der Waals surface area contributed by atoms with Crippen molar-refractivity contribution >= 4 is 17.3 Å². The number of ether oxygens (including phenoxy) is 3. The lowest BCUT2D eigenvalue weighted by Gasteiger charge is -2.33. The molecule has 1 aliphatic heterocycles. The number of methoxy groups -OCH3 is 1. The standard InChI is InChI=1S/C32H35F6N3O7S/c1-28(2,3)49(45)41-29(4)17-48-26-21(29)15-24(40-25(26)18-6-9-20(10-7-18)31(33,34)35)30(44,32(36,37)38)16-39-27(43)19-8-11-22(47-13-12-42)23(14-19)46-5/h6-11,14-15,41-42,44H,12-13,16-17H2,1-5H3,(H,39,43). The van der Waals surface area contributed by atoms with Gasteiger partial charge in [-0.2, -0.15) is 26.3 Å². The smallest absolute Gasteiger partial charge is 0.424 e. The normalized spacial score (nSPS) is 18.2. The number of fused-ring (bicyclic) bond motifs is 1. The van der Waals surface area contributed by atoms with Gasteiger partial charge in [0.2, 0.25) is 5.60 Å². The number of halogens is 6. The number of hydrogen-bond donors (Lipinski definition) is 4. The highest BCUT2D eigenvalue weighted by atomic mass is 32.2. The number of aliphatic hydroxyl groups excluding tert-OH is 1. The number of nitrogens with one attached hydrogen (secondary N) is 2. The van der Waals surface area contributed by atoms with Gasteiger partial charge in [-0.15, -0.1) is 4.72 Å². The molecule has 10 nitrogen and oxygen atoms in total. The van der Waals surface area contributed by atoms with Crippen LogP contribution in [-0.4, -0.2) is 70.1 Å². The molecule has 1 aliphatic rings. The van der Waals surface area contributed by atoms with Gasteiger partial charge in [0.05, 0.1) is 31.5 Å². The van der Waals surface area contributed by atoms with Gasteiger partial charge in [0.15, 0.2) is 17.2 Å². The first-order valence-corrected chi connectivity index (χ1v) is 15.8. The highest BCUT2D eigenvalue weighted by Gasteiger charge is 2.58. The summed E-state index contributed by atoms with van der Waals surface area (Å²) in [6.45, 7) is 4.43. The van der Waals surface area contributed by atoms with E-state index in [2.05, 4.69) is 15.0 Å². The maximum absolute atomic E-state index is 14.8. The molecule has 0 bridgehead atoms. The fourth-order valence-electron chi connectivity index (χ4n) is 4.78. The number of alkyl halides is 6. The Balaban J connectivity index is 1.81. The Hall–Kier alpha value is -3.77. The van der Waals surface area contributed by atoms with Crippen LogP contribution in [0.3, 0.4) is 0 Å². The molecule has 3 atom stereocenters. The highest BCUT2D eigenvalue weighted by Crippen LogP contribution is 2.48. The second kappa shape index (κ2) is 13.9. The predicted molar refractivity (Wildman–Crippen MR) is 166 cm³/mol. The van der Waals surface area contributed by atoms with Crippen molar-refractivity contribution in [3.8, 4) is 28.5 Å². The summed E-state index contributed by atoms with van der Waals surface area (Å²) in [6, 6.07) is 8.11. The molecule has 0 fully saturated rings. The molecule has 0 saturated carbocycles. The Kier molecular flexibility index (Phi) is 10.8. The molecule has 0 radical (unpaired) electrons. The first kappa shape index (κ1) is 38.0. The van der Waals surface area contributed by atoms with Gasteiger partial charge in [-0.1, -0.05) is 12.1 Å². The number of rotatable bonds is 11. The van der Waals surface area contributed by atoms with E-state index in [0.29, 0.717) is 0 Å². The third kappa shape index (κ3) is 8.01. The van der Waals surface area contributed by atoms with E-state index in [9.17, 15) is 40.8 Å². The molecule has 2 heterocycles. The van der Waals surface area contributed by atoms with Gasteiger partial charge in [-0.05, 0) is 64.1 Å². The van der Waals surface area contributed by atoms with Gasteiger partial charge in [0, 0.05) is 28.1 Å². The van der Waals surface area contributed by atoms with E-state index in [-0.39, 0.29) is 59.5 Å². The number of pyridine rings is 1. The summed E-state index contributed by atoms with van der Waals surface area (Å²) in [5.41, 5.74) is -7.78. The minimum Gasteiger partial charge on any atom is -0.598 e. The number of carbonyl (C=O) groups excluding carboxylic acids is 1. The van der Waals surface area contributed by atoms with Crippen LogP contribution in [0.15, 0.2) is 48.5 Å². The molecule has 3 unspecified atom stereocenters. The van der Waals surface area contributed by atoms with Crippen LogP contribution in [0.5, 0.6) is 17.2 Å². The molecule has 49 heavy (non-hydrogen) atoms. The van der Waals surface area contributed by atoms with Crippen LogP contribution >= 0.6 is 0 Å². The molecule has 2 aromatic carbocycles. The number of amides is 1. The predicted octanol–water partition coefficient (Wildman–Crippen LogP) is 4.99. The van der Waals surface area contributed by atoms with Crippen molar-refractivity contribution in [2.24, 2.45) is 0 Å². The minimum atomic E-state index is -5.45. The molecule has 0 aliphatic carbocycles. The third-order valence-corrected chi connectivity index (χ3v) is 9.35. The molecular weight excluding hydrogens is 684 g/mol. The highest BCUT2D eigenvalue weighted by molar-refractivity contribution is 7.90. The fourth-order valence-corrected chi connectivity index (χ4v) is 5.66. The molecule has 17 heteroatoms. The van der Waals surface area contributed by atoms with Gasteiger partial charge in [0.1, 0.15) is 29.2 Å². The number of aromatic nitrogens is 1. The van der Waals surface area contributed by atoms with E-state index >= 15 is 0 Å². The van der Waals surface area contributed by atoms with Crippen molar-refractivity contribution in [3.63, 3.8) is 0 Å². The summed E-state index contributed by atoms with van der Waals surface area (Å²) in [5.74, 6) is -0.916. The lowest BCUT2D eigenvalue weighted by atomic mass is 9.89. The third-order valence-electron chi connectivity index (χ3n) is 7.60. The van der Waals surface area contributed by atoms with Crippen LogP contribution in [0.25, 0.3) is 11.3 Å². The SMILES string of the molecule is COc1cc(C(=O)NCC(O)(c2cc3c(c(-c4ccc(C(F)(F)F)cc4)n2)OCC3(C)N[S+]([O-])C(C)(C)C)C(F)(F)F)ccc1OCCO. The van der Waals surface area contributed by atoms with Crippen LogP contribution < -0.4 is 24.2 Å².